The van der Waals surface area contributed by atoms with Gasteiger partial charge in [-0.3, -0.25) is 4.79 Å². The van der Waals surface area contributed by atoms with Gasteiger partial charge in [0.1, 0.15) is 5.82 Å². The van der Waals surface area contributed by atoms with Gasteiger partial charge in [0.25, 0.3) is 0 Å². The molecule has 0 aliphatic heterocycles. The number of thioether (sulfide) groups is 1. The lowest BCUT2D eigenvalue weighted by Crippen LogP contribution is -2.20. The number of aromatic nitrogens is 3. The highest BCUT2D eigenvalue weighted by Crippen LogP contribution is 2.26. The molecule has 22 heavy (non-hydrogen) atoms. The summed E-state index contributed by atoms with van der Waals surface area (Å²) < 4.78 is 0. The maximum Gasteiger partial charge on any atom is 0.232 e. The molecule has 8 heteroatoms. The second-order valence-electron chi connectivity index (χ2n) is 4.49. The van der Waals surface area contributed by atoms with Crippen LogP contribution >= 0.6 is 11.8 Å². The van der Waals surface area contributed by atoms with E-state index in [-0.39, 0.29) is 17.1 Å². The van der Waals surface area contributed by atoms with Gasteiger partial charge in [-0.05, 0) is 19.1 Å². The van der Waals surface area contributed by atoms with Crippen molar-refractivity contribution in [3.05, 3.63) is 36.2 Å². The van der Waals surface area contributed by atoms with E-state index in [1.165, 1.54) is 11.8 Å². The van der Waals surface area contributed by atoms with Crippen LogP contribution in [0.2, 0.25) is 0 Å². The van der Waals surface area contributed by atoms with Crippen molar-refractivity contribution in [3.63, 3.8) is 0 Å². The lowest BCUT2D eigenvalue weighted by molar-refractivity contribution is -0.118. The molecule has 1 unspecified atom stereocenters. The van der Waals surface area contributed by atoms with Crippen LogP contribution in [0, 0.1) is 0 Å². The van der Waals surface area contributed by atoms with E-state index in [0.29, 0.717) is 17.5 Å². The molecule has 0 spiro atoms. The first kappa shape index (κ1) is 16.0. The molecule has 1 aromatic heterocycles. The fourth-order valence-corrected chi connectivity index (χ4v) is 2.45. The highest BCUT2D eigenvalue weighted by molar-refractivity contribution is 8.00. The number of nitrogens with zero attached hydrogens (tertiary/aromatic N) is 3. The van der Waals surface area contributed by atoms with Crippen molar-refractivity contribution in [2.45, 2.75) is 12.2 Å². The monoisotopic (exact) mass is 318 g/mol. The lowest BCUT2D eigenvalue weighted by atomic mass is 10.3. The zero-order valence-corrected chi connectivity index (χ0v) is 13.2. The van der Waals surface area contributed by atoms with Gasteiger partial charge in [0, 0.05) is 12.7 Å². The van der Waals surface area contributed by atoms with Crippen LogP contribution in [-0.4, -0.2) is 33.7 Å². The van der Waals surface area contributed by atoms with Crippen molar-refractivity contribution in [1.29, 1.82) is 0 Å². The first-order chi connectivity index (χ1) is 10.6. The van der Waals surface area contributed by atoms with Crippen molar-refractivity contribution in [1.82, 2.24) is 20.3 Å². The summed E-state index contributed by atoms with van der Waals surface area (Å²) in [4.78, 5) is 23.9. The van der Waals surface area contributed by atoms with E-state index in [9.17, 15) is 4.79 Å². The minimum atomic E-state index is -0.0704. The Balaban J connectivity index is 2.10. The molecule has 0 saturated carbocycles. The quantitative estimate of drug-likeness (QED) is 0.745. The van der Waals surface area contributed by atoms with Crippen molar-refractivity contribution < 1.29 is 4.79 Å². The van der Waals surface area contributed by atoms with E-state index in [0.717, 1.165) is 5.69 Å². The number of hydrogen-bond donors (Lipinski definition) is 3. The van der Waals surface area contributed by atoms with Gasteiger partial charge in [0.2, 0.25) is 17.8 Å². The normalized spacial score (nSPS) is 11.7. The number of nitrogens with two attached hydrogens (primary N) is 1. The molecule has 0 saturated heterocycles. The summed E-state index contributed by atoms with van der Waals surface area (Å²) in [6.45, 7) is 1.93. The Morgan fingerprint density at radius 2 is 2.00 bits per heavy atom. The fraction of sp³-hybridized carbons (Fsp3) is 0.286. The van der Waals surface area contributed by atoms with Crippen molar-refractivity contribution >= 4 is 35.3 Å². The molecule has 1 aromatic carbocycles. The zero-order chi connectivity index (χ0) is 15.9. The van der Waals surface area contributed by atoms with Crippen LogP contribution in [0.5, 0.6) is 0 Å². The predicted octanol–water partition coefficient (Wildman–Crippen LogP) is 1.74. The Hall–Kier alpha value is -2.35. The van der Waals surface area contributed by atoms with Crippen LogP contribution in [0.3, 0.4) is 0 Å². The smallest absolute Gasteiger partial charge is 0.232 e. The van der Waals surface area contributed by atoms with Crippen LogP contribution < -0.4 is 16.4 Å². The number of carbonyl (C=O) groups is 1. The molecule has 0 aliphatic carbocycles. The van der Waals surface area contributed by atoms with E-state index >= 15 is 0 Å². The molecular weight excluding hydrogens is 300 g/mol. The van der Waals surface area contributed by atoms with Crippen LogP contribution in [0.4, 0.5) is 17.6 Å². The van der Waals surface area contributed by atoms with Gasteiger partial charge in [-0.1, -0.05) is 18.2 Å². The predicted molar refractivity (Wildman–Crippen MR) is 88.9 cm³/mol. The van der Waals surface area contributed by atoms with Gasteiger partial charge in [-0.15, -0.1) is 11.8 Å². The van der Waals surface area contributed by atoms with Gasteiger partial charge in [-0.25, -0.2) is 0 Å². The van der Waals surface area contributed by atoms with E-state index in [2.05, 4.69) is 25.6 Å². The second-order valence-corrected chi connectivity index (χ2v) is 5.82. The summed E-state index contributed by atoms with van der Waals surface area (Å²) >= 11 is 1.44. The molecule has 7 nitrogen and oxygen atoms in total. The summed E-state index contributed by atoms with van der Waals surface area (Å²) in [6.07, 6.45) is 0. The van der Waals surface area contributed by atoms with Crippen LogP contribution in [0.15, 0.2) is 30.3 Å². The largest absolute Gasteiger partial charge is 0.368 e. The van der Waals surface area contributed by atoms with Crippen LogP contribution in [0.1, 0.15) is 18.0 Å². The summed E-state index contributed by atoms with van der Waals surface area (Å²) in [5.74, 6) is 1.38. The minimum Gasteiger partial charge on any atom is -0.368 e. The Morgan fingerprint density at radius 1 is 1.27 bits per heavy atom. The summed E-state index contributed by atoms with van der Waals surface area (Å²) in [5, 5.41) is 5.59. The van der Waals surface area contributed by atoms with Gasteiger partial charge < -0.3 is 16.4 Å². The van der Waals surface area contributed by atoms with Crippen molar-refractivity contribution in [3.8, 4) is 0 Å². The maximum absolute atomic E-state index is 11.3. The molecule has 0 fully saturated rings. The molecule has 0 aliphatic rings. The Morgan fingerprint density at radius 3 is 2.68 bits per heavy atom. The second kappa shape index (κ2) is 7.60. The van der Waals surface area contributed by atoms with E-state index in [1.807, 2.05) is 37.3 Å². The molecular formula is C14H18N6OS. The third kappa shape index (κ3) is 4.59. The van der Waals surface area contributed by atoms with Gasteiger partial charge >= 0.3 is 0 Å². The van der Waals surface area contributed by atoms with E-state index in [4.69, 9.17) is 5.73 Å². The summed E-state index contributed by atoms with van der Waals surface area (Å²) in [5.41, 5.74) is 6.61. The molecule has 0 radical (unpaired) electrons. The number of anilines is 3. The average molecular weight is 318 g/mol. The SMILES string of the molecule is CNC(=O)CSC(C)c1nc(N)nc(Nc2ccccc2)n1. The lowest BCUT2D eigenvalue weighted by Gasteiger charge is -2.12. The first-order valence-electron chi connectivity index (χ1n) is 6.74. The molecule has 2 rings (SSSR count). The molecule has 2 aromatic rings. The topological polar surface area (TPSA) is 106 Å². The van der Waals surface area contributed by atoms with E-state index < -0.39 is 0 Å². The number of rotatable bonds is 6. The van der Waals surface area contributed by atoms with Gasteiger partial charge in [0.05, 0.1) is 11.0 Å². The summed E-state index contributed by atoms with van der Waals surface area (Å²) in [7, 11) is 1.61. The fourth-order valence-electron chi connectivity index (χ4n) is 1.65. The number of amides is 1. The van der Waals surface area contributed by atoms with Gasteiger partial charge in [0.15, 0.2) is 0 Å². The van der Waals surface area contributed by atoms with Gasteiger partial charge in [-0.2, -0.15) is 15.0 Å². The van der Waals surface area contributed by atoms with E-state index in [1.54, 1.807) is 7.05 Å². The number of benzene rings is 1. The molecule has 1 heterocycles. The Kier molecular flexibility index (Phi) is 5.54. The van der Waals surface area contributed by atoms with Crippen molar-refractivity contribution in [2.24, 2.45) is 0 Å². The molecule has 116 valence electrons. The average Bonchev–Trinajstić information content (AvgIpc) is 2.52. The van der Waals surface area contributed by atoms with Crippen molar-refractivity contribution in [2.75, 3.05) is 23.9 Å². The third-order valence-electron chi connectivity index (χ3n) is 2.81. The zero-order valence-electron chi connectivity index (χ0n) is 12.4. The molecule has 4 N–H and O–H groups in total. The highest BCUT2D eigenvalue weighted by Gasteiger charge is 2.14. The standard InChI is InChI=1S/C14H18N6OS/c1-9(22-8-11(21)16-2)12-18-13(15)20-14(19-12)17-10-6-4-3-5-7-10/h3-7,9H,8H2,1-2H3,(H,16,21)(H3,15,17,18,19,20). The van der Waals surface area contributed by atoms with Crippen LogP contribution in [-0.2, 0) is 4.79 Å². The maximum atomic E-state index is 11.3. The Bertz CT molecular complexity index is 636. The highest BCUT2D eigenvalue weighted by atomic mass is 32.2. The number of para-hydroxylation sites is 1. The van der Waals surface area contributed by atoms with Crippen LogP contribution in [0.25, 0.3) is 0 Å². The third-order valence-corrected chi connectivity index (χ3v) is 3.95. The number of carbonyl (C=O) groups excluding carboxylic acids is 1. The minimum absolute atomic E-state index is 0.0403. The number of hydrogen-bond acceptors (Lipinski definition) is 7. The molecule has 1 amide bonds. The number of nitrogen functional groups attached to an aromatic ring is 1. The Labute approximate surface area is 133 Å². The molecule has 1 atom stereocenters. The molecule has 0 bridgehead atoms. The number of nitrogens with one attached hydrogen (secondary N) is 2. The summed E-state index contributed by atoms with van der Waals surface area (Å²) in [6, 6.07) is 9.56. The first-order valence-corrected chi connectivity index (χ1v) is 7.79.